The molecule has 0 nitrogen and oxygen atoms in total. The van der Waals surface area contributed by atoms with Gasteiger partial charge in [0.25, 0.3) is 0 Å². The Morgan fingerprint density at radius 1 is 0.870 bits per heavy atom. The summed E-state index contributed by atoms with van der Waals surface area (Å²) in [6.45, 7) is 38.6. The summed E-state index contributed by atoms with van der Waals surface area (Å²) in [4.78, 5) is 0. The van der Waals surface area contributed by atoms with Crippen molar-refractivity contribution >= 4 is 5.57 Å². The molecule has 1 fully saturated rings. The molecule has 46 heavy (non-hydrogen) atoms. The molecule has 6 rings (SSSR count). The summed E-state index contributed by atoms with van der Waals surface area (Å²) in [6.07, 6.45) is 9.77. The molecule has 242 valence electrons. The average molecular weight is 611 g/mol. The molecule has 0 spiro atoms. The second-order valence-corrected chi connectivity index (χ2v) is 16.4. The fourth-order valence-corrected chi connectivity index (χ4v) is 11.4. The van der Waals surface area contributed by atoms with Crippen molar-refractivity contribution in [2.24, 2.45) is 28.1 Å². The minimum absolute atomic E-state index is 0.0415. The van der Waals surface area contributed by atoms with Crippen molar-refractivity contribution < 1.29 is 0 Å². The quantitative estimate of drug-likeness (QED) is 0.285. The normalized spacial score (nSPS) is 31.4. The van der Waals surface area contributed by atoms with E-state index in [-0.39, 0.29) is 16.2 Å². The van der Waals surface area contributed by atoms with Crippen LogP contribution in [-0.4, -0.2) is 0 Å². The van der Waals surface area contributed by atoms with Crippen molar-refractivity contribution in [2.75, 3.05) is 0 Å². The zero-order chi connectivity index (χ0) is 33.3. The van der Waals surface area contributed by atoms with E-state index in [4.69, 9.17) is 19.7 Å². The van der Waals surface area contributed by atoms with Crippen LogP contribution in [-0.2, 0) is 6.42 Å². The highest BCUT2D eigenvalue weighted by Gasteiger charge is 2.66. The van der Waals surface area contributed by atoms with Crippen LogP contribution in [0.4, 0.5) is 0 Å². The standard InChI is InChI=1S/C46H58/c1-28(2)41-32(6)27-44(10)40(25-31(5)37-18-14-13-15-19-37)45(11)39(26-36-23-21-29(3)22-24-36)38-20-16-17-30(4)42(38)33(7)43(45)35(9)46(44,12)34(41)8/h16-17,20-24,37,39-40H,1,5,7-8,13-15,18-19,25-27H2,2-4,6,9-12H3/t39-,40+,44+,45-,46-/m1/s1. The van der Waals surface area contributed by atoms with Crippen LogP contribution in [0.1, 0.15) is 120 Å². The summed E-state index contributed by atoms with van der Waals surface area (Å²) in [5.74, 6) is 1.33. The Morgan fingerprint density at radius 2 is 1.52 bits per heavy atom. The predicted octanol–water partition coefficient (Wildman–Crippen LogP) is 13.0. The van der Waals surface area contributed by atoms with Crippen LogP contribution >= 0.6 is 0 Å². The largest absolute Gasteiger partial charge is 0.0996 e. The van der Waals surface area contributed by atoms with E-state index < -0.39 is 0 Å². The highest BCUT2D eigenvalue weighted by Crippen LogP contribution is 2.76. The van der Waals surface area contributed by atoms with E-state index in [0.717, 1.165) is 24.8 Å². The first-order valence-electron chi connectivity index (χ1n) is 18.0. The van der Waals surface area contributed by atoms with Gasteiger partial charge in [-0.15, -0.1) is 0 Å². The van der Waals surface area contributed by atoms with Crippen molar-refractivity contribution in [3.63, 3.8) is 0 Å². The maximum absolute atomic E-state index is 5.00. The van der Waals surface area contributed by atoms with E-state index in [1.54, 1.807) is 0 Å². The molecule has 4 aliphatic rings. The molecule has 2 aromatic carbocycles. The molecule has 0 saturated heterocycles. The monoisotopic (exact) mass is 610 g/mol. The van der Waals surface area contributed by atoms with Crippen LogP contribution < -0.4 is 0 Å². The first-order valence-corrected chi connectivity index (χ1v) is 18.0. The molecule has 0 radical (unpaired) electrons. The van der Waals surface area contributed by atoms with Crippen molar-refractivity contribution in [1.29, 1.82) is 0 Å². The second kappa shape index (κ2) is 11.5. The van der Waals surface area contributed by atoms with Gasteiger partial charge >= 0.3 is 0 Å². The molecular weight excluding hydrogens is 553 g/mol. The number of fused-ring (bicyclic) bond motifs is 3. The number of benzene rings is 2. The molecule has 5 atom stereocenters. The lowest BCUT2D eigenvalue weighted by Gasteiger charge is -2.68. The summed E-state index contributed by atoms with van der Waals surface area (Å²) in [7, 11) is 0. The van der Waals surface area contributed by atoms with Crippen LogP contribution in [0.25, 0.3) is 5.57 Å². The zero-order valence-electron chi connectivity index (χ0n) is 30.3. The van der Waals surface area contributed by atoms with Crippen molar-refractivity contribution in [3.8, 4) is 0 Å². The summed E-state index contributed by atoms with van der Waals surface area (Å²) >= 11 is 0. The van der Waals surface area contributed by atoms with Gasteiger partial charge in [-0.25, -0.2) is 0 Å². The van der Waals surface area contributed by atoms with E-state index in [9.17, 15) is 0 Å². The maximum atomic E-state index is 5.00. The number of hydrogen-bond acceptors (Lipinski definition) is 0. The summed E-state index contributed by atoms with van der Waals surface area (Å²) < 4.78 is 0. The molecule has 0 unspecified atom stereocenters. The second-order valence-electron chi connectivity index (χ2n) is 16.4. The molecule has 0 amide bonds. The summed E-state index contributed by atoms with van der Waals surface area (Å²) in [5, 5.41) is 0. The Labute approximate surface area is 281 Å². The fraction of sp³-hybridized carbons (Fsp3) is 0.478. The first kappa shape index (κ1) is 32.8. The lowest BCUT2D eigenvalue weighted by atomic mass is 9.35. The highest BCUT2D eigenvalue weighted by molar-refractivity contribution is 5.87. The smallest absolute Gasteiger partial charge is 0.0197 e. The molecule has 0 heterocycles. The zero-order valence-corrected chi connectivity index (χ0v) is 30.3. The van der Waals surface area contributed by atoms with Crippen LogP contribution in [0.3, 0.4) is 0 Å². The van der Waals surface area contributed by atoms with Crippen molar-refractivity contribution in [2.45, 2.75) is 113 Å². The minimum Gasteiger partial charge on any atom is -0.0996 e. The molecule has 2 aromatic rings. The lowest BCUT2D eigenvalue weighted by molar-refractivity contribution is -0.0404. The van der Waals surface area contributed by atoms with E-state index in [2.05, 4.69) is 104 Å². The van der Waals surface area contributed by atoms with Gasteiger partial charge in [-0.1, -0.05) is 137 Å². The molecule has 0 heteroatoms. The Hall–Kier alpha value is -3.12. The fourth-order valence-electron chi connectivity index (χ4n) is 11.4. The number of allylic oxidation sites excluding steroid dienone is 8. The third kappa shape index (κ3) is 4.60. The van der Waals surface area contributed by atoms with Gasteiger partial charge in [0, 0.05) is 10.8 Å². The first-order chi connectivity index (χ1) is 21.7. The summed E-state index contributed by atoms with van der Waals surface area (Å²) in [6, 6.07) is 16.3. The molecule has 0 bridgehead atoms. The number of hydrogen-bond donors (Lipinski definition) is 0. The van der Waals surface area contributed by atoms with Gasteiger partial charge in [-0.05, 0) is 134 Å². The average Bonchev–Trinajstić information content (AvgIpc) is 3.01. The van der Waals surface area contributed by atoms with Gasteiger partial charge < -0.3 is 0 Å². The Bertz CT molecular complexity index is 1690. The third-order valence-corrected chi connectivity index (χ3v) is 13.9. The molecule has 0 aromatic heterocycles. The van der Waals surface area contributed by atoms with Gasteiger partial charge in [0.15, 0.2) is 0 Å². The van der Waals surface area contributed by atoms with Gasteiger partial charge in [-0.2, -0.15) is 0 Å². The van der Waals surface area contributed by atoms with Crippen molar-refractivity contribution in [3.05, 3.63) is 136 Å². The minimum atomic E-state index is -0.218. The SMILES string of the molecule is C=C(C)C1=C(C)C[C@@]2(C)[C@H](CC(=C)C3CCCCC3)[C@]3(C)C(=C(C)[C@@]2(C)C1=C)C(=C)c1c(C)cccc1[C@H]3Cc1ccc(C)cc1. The van der Waals surface area contributed by atoms with Crippen LogP contribution in [0.5, 0.6) is 0 Å². The van der Waals surface area contributed by atoms with E-state index in [0.29, 0.717) is 17.8 Å². The molecule has 0 N–H and O–H groups in total. The maximum Gasteiger partial charge on any atom is 0.0197 e. The van der Waals surface area contributed by atoms with E-state index in [1.165, 1.54) is 98.9 Å². The molecular formula is C46H58. The lowest BCUT2D eigenvalue weighted by Crippen LogP contribution is -2.60. The molecule has 1 saturated carbocycles. The van der Waals surface area contributed by atoms with Gasteiger partial charge in [0.1, 0.15) is 0 Å². The molecule has 0 aliphatic heterocycles. The van der Waals surface area contributed by atoms with Crippen LogP contribution in [0, 0.1) is 41.9 Å². The highest BCUT2D eigenvalue weighted by atomic mass is 14.7. The van der Waals surface area contributed by atoms with E-state index in [1.807, 2.05) is 0 Å². The van der Waals surface area contributed by atoms with Gasteiger partial charge in [0.2, 0.25) is 0 Å². The third-order valence-electron chi connectivity index (χ3n) is 13.9. The Kier molecular flexibility index (Phi) is 8.23. The van der Waals surface area contributed by atoms with Gasteiger partial charge in [-0.3, -0.25) is 0 Å². The van der Waals surface area contributed by atoms with Crippen molar-refractivity contribution in [1.82, 2.24) is 0 Å². The number of rotatable bonds is 6. The number of aryl methyl sites for hydroxylation is 2. The molecule has 4 aliphatic carbocycles. The van der Waals surface area contributed by atoms with E-state index >= 15 is 0 Å². The van der Waals surface area contributed by atoms with Crippen LogP contribution in [0.15, 0.2) is 108 Å². The Morgan fingerprint density at radius 3 is 2.15 bits per heavy atom. The topological polar surface area (TPSA) is 0 Å². The summed E-state index contributed by atoms with van der Waals surface area (Å²) in [5.41, 5.74) is 17.4. The van der Waals surface area contributed by atoms with Gasteiger partial charge in [0.05, 0.1) is 0 Å². The predicted molar refractivity (Wildman–Crippen MR) is 200 cm³/mol. The van der Waals surface area contributed by atoms with Crippen LogP contribution in [0.2, 0.25) is 0 Å². The Balaban J connectivity index is 1.66.